The third-order valence-corrected chi connectivity index (χ3v) is 2.12. The van der Waals surface area contributed by atoms with Crippen LogP contribution in [0.1, 0.15) is 0 Å². The second-order valence-corrected chi connectivity index (χ2v) is 2.97. The maximum Gasteiger partial charge on any atom is 0.491 e. The highest BCUT2D eigenvalue weighted by molar-refractivity contribution is 9.10. The zero-order valence-corrected chi connectivity index (χ0v) is 7.42. The van der Waals surface area contributed by atoms with E-state index in [1.54, 1.807) is 0 Å². The van der Waals surface area contributed by atoms with Gasteiger partial charge in [-0.3, -0.25) is 0 Å². The van der Waals surface area contributed by atoms with E-state index in [0.717, 1.165) is 6.07 Å². The fraction of sp³-hybridized carbons (Fsp3) is 0. The summed E-state index contributed by atoms with van der Waals surface area (Å²) in [5.41, 5.74) is -0.278. The molecule has 12 heavy (non-hydrogen) atoms. The van der Waals surface area contributed by atoms with Gasteiger partial charge in [-0.15, -0.1) is 0 Å². The highest BCUT2D eigenvalue weighted by Gasteiger charge is 2.19. The maximum absolute atomic E-state index is 13.0. The summed E-state index contributed by atoms with van der Waals surface area (Å²) < 4.78 is 12.8. The van der Waals surface area contributed by atoms with Crippen molar-refractivity contribution in [3.05, 3.63) is 22.4 Å². The molecule has 0 saturated heterocycles. The first-order valence-electron chi connectivity index (χ1n) is 3.07. The van der Waals surface area contributed by atoms with Crippen molar-refractivity contribution in [2.24, 2.45) is 0 Å². The molecule has 1 rings (SSSR count). The predicted molar refractivity (Wildman–Crippen MR) is 45.6 cm³/mol. The highest BCUT2D eigenvalue weighted by atomic mass is 79.9. The van der Waals surface area contributed by atoms with Crippen LogP contribution in [0.15, 0.2) is 16.6 Å². The minimum Gasteiger partial charge on any atom is -0.507 e. The van der Waals surface area contributed by atoms with Crippen molar-refractivity contribution in [3.8, 4) is 5.75 Å². The number of benzene rings is 1. The first kappa shape index (κ1) is 9.50. The minimum atomic E-state index is -1.87. The van der Waals surface area contributed by atoms with Crippen LogP contribution in [0.4, 0.5) is 4.39 Å². The van der Waals surface area contributed by atoms with E-state index in [4.69, 9.17) is 15.2 Å². The Morgan fingerprint density at radius 2 is 1.92 bits per heavy atom. The van der Waals surface area contributed by atoms with Crippen LogP contribution >= 0.6 is 15.9 Å². The summed E-state index contributed by atoms with van der Waals surface area (Å²) in [7, 11) is -1.87. The average Bonchev–Trinajstić information content (AvgIpc) is 2.00. The van der Waals surface area contributed by atoms with Crippen LogP contribution in [0.3, 0.4) is 0 Å². The Bertz CT molecular complexity index is 305. The van der Waals surface area contributed by atoms with Crippen LogP contribution in [-0.2, 0) is 0 Å². The van der Waals surface area contributed by atoms with E-state index in [9.17, 15) is 4.39 Å². The summed E-state index contributed by atoms with van der Waals surface area (Å²) in [4.78, 5) is 0. The third kappa shape index (κ3) is 1.60. The minimum absolute atomic E-state index is 0.173. The van der Waals surface area contributed by atoms with Gasteiger partial charge in [0.05, 0.1) is 4.47 Å². The molecule has 0 aliphatic carbocycles. The predicted octanol–water partition coefficient (Wildman–Crippen LogP) is -0.0264. The molecule has 1 aromatic rings. The van der Waals surface area contributed by atoms with E-state index in [1.165, 1.54) is 6.07 Å². The Labute approximate surface area is 76.7 Å². The number of phenols is 1. The van der Waals surface area contributed by atoms with Crippen LogP contribution in [-0.4, -0.2) is 22.3 Å². The summed E-state index contributed by atoms with van der Waals surface area (Å²) in [5.74, 6) is -1.15. The number of hydrogen-bond acceptors (Lipinski definition) is 3. The molecule has 0 heterocycles. The molecule has 0 spiro atoms. The van der Waals surface area contributed by atoms with Gasteiger partial charge in [-0.25, -0.2) is 4.39 Å². The molecule has 0 aromatic heterocycles. The molecule has 6 heteroatoms. The molecule has 3 nitrogen and oxygen atoms in total. The first-order chi connectivity index (χ1) is 5.54. The van der Waals surface area contributed by atoms with Crippen LogP contribution < -0.4 is 5.46 Å². The van der Waals surface area contributed by atoms with Gasteiger partial charge in [-0.1, -0.05) is 6.07 Å². The molecule has 0 fully saturated rings. The maximum atomic E-state index is 13.0. The highest BCUT2D eigenvalue weighted by Crippen LogP contribution is 2.24. The lowest BCUT2D eigenvalue weighted by Crippen LogP contribution is -2.32. The topological polar surface area (TPSA) is 60.7 Å². The molecule has 0 atom stereocenters. The Hall–Kier alpha value is -0.585. The number of phenolic OH excluding ortho intramolecular Hbond substituents is 1. The Kier molecular flexibility index (Phi) is 2.71. The third-order valence-electron chi connectivity index (χ3n) is 1.37. The van der Waals surface area contributed by atoms with Crippen molar-refractivity contribution in [1.29, 1.82) is 0 Å². The van der Waals surface area contributed by atoms with E-state index in [0.29, 0.717) is 0 Å². The van der Waals surface area contributed by atoms with Gasteiger partial charge < -0.3 is 15.2 Å². The molecule has 64 valence electrons. The van der Waals surface area contributed by atoms with Crippen LogP contribution in [0, 0.1) is 5.82 Å². The fourth-order valence-corrected chi connectivity index (χ4v) is 1.11. The first-order valence-corrected chi connectivity index (χ1v) is 3.86. The van der Waals surface area contributed by atoms with Gasteiger partial charge in [0.2, 0.25) is 0 Å². The molecule has 0 unspecified atom stereocenters. The van der Waals surface area contributed by atoms with Gasteiger partial charge in [0, 0.05) is 5.46 Å². The zero-order chi connectivity index (χ0) is 9.30. The second-order valence-electron chi connectivity index (χ2n) is 2.18. The molecule has 0 bridgehead atoms. The van der Waals surface area contributed by atoms with Crippen molar-refractivity contribution >= 4 is 28.5 Å². The van der Waals surface area contributed by atoms with E-state index < -0.39 is 12.9 Å². The fourth-order valence-electron chi connectivity index (χ4n) is 0.754. The van der Waals surface area contributed by atoms with Crippen LogP contribution in [0.2, 0.25) is 0 Å². The summed E-state index contributed by atoms with van der Waals surface area (Å²) in [6.45, 7) is 0. The monoisotopic (exact) mass is 234 g/mol. The number of rotatable bonds is 1. The van der Waals surface area contributed by atoms with Crippen molar-refractivity contribution in [2.75, 3.05) is 0 Å². The quantitative estimate of drug-likeness (QED) is 0.599. The summed E-state index contributed by atoms with van der Waals surface area (Å²) in [5, 5.41) is 26.2. The normalized spacial score (nSPS) is 10.0. The van der Waals surface area contributed by atoms with Crippen molar-refractivity contribution in [1.82, 2.24) is 0 Å². The summed E-state index contributed by atoms with van der Waals surface area (Å²) in [6, 6.07) is 2.27. The summed E-state index contributed by atoms with van der Waals surface area (Å²) >= 11 is 2.75. The molecule has 0 amide bonds. The Morgan fingerprint density at radius 1 is 1.33 bits per heavy atom. The molecule has 0 aliphatic rings. The number of aromatic hydroxyl groups is 1. The van der Waals surface area contributed by atoms with Gasteiger partial charge in [-0.05, 0) is 22.0 Å². The molecule has 3 N–H and O–H groups in total. The van der Waals surface area contributed by atoms with Crippen molar-refractivity contribution < 1.29 is 19.5 Å². The number of hydrogen-bond donors (Lipinski definition) is 3. The van der Waals surface area contributed by atoms with E-state index in [2.05, 4.69) is 15.9 Å². The molecular weight excluding hydrogens is 230 g/mol. The Morgan fingerprint density at radius 3 is 2.42 bits per heavy atom. The van der Waals surface area contributed by atoms with E-state index in [1.807, 2.05) is 0 Å². The molecule has 1 aromatic carbocycles. The lowest BCUT2D eigenvalue weighted by molar-refractivity contribution is 0.422. The zero-order valence-electron chi connectivity index (χ0n) is 5.83. The average molecular weight is 235 g/mol. The standard InChI is InChI=1S/C6H5BBrFO3/c8-5-4(10)2-1-3(6(5)9)7(11)12/h1-2,10-12H. The summed E-state index contributed by atoms with van der Waals surface area (Å²) in [6.07, 6.45) is 0. The van der Waals surface area contributed by atoms with Gasteiger partial charge in [0.1, 0.15) is 11.6 Å². The second kappa shape index (κ2) is 3.43. The van der Waals surface area contributed by atoms with Crippen LogP contribution in [0.5, 0.6) is 5.75 Å². The lowest BCUT2D eigenvalue weighted by atomic mass is 9.80. The van der Waals surface area contributed by atoms with Gasteiger partial charge in [0.15, 0.2) is 0 Å². The van der Waals surface area contributed by atoms with Crippen molar-refractivity contribution in [3.63, 3.8) is 0 Å². The van der Waals surface area contributed by atoms with E-state index >= 15 is 0 Å². The number of halogens is 2. The SMILES string of the molecule is OB(O)c1ccc(O)c(Br)c1F. The van der Waals surface area contributed by atoms with E-state index in [-0.39, 0.29) is 15.7 Å². The van der Waals surface area contributed by atoms with Crippen molar-refractivity contribution in [2.45, 2.75) is 0 Å². The molecule has 0 aliphatic heterocycles. The lowest BCUT2D eigenvalue weighted by Gasteiger charge is -2.04. The smallest absolute Gasteiger partial charge is 0.491 e. The van der Waals surface area contributed by atoms with Gasteiger partial charge in [-0.2, -0.15) is 0 Å². The van der Waals surface area contributed by atoms with Crippen LogP contribution in [0.25, 0.3) is 0 Å². The molecular formula is C6H5BBrFO3. The van der Waals surface area contributed by atoms with Gasteiger partial charge in [0.25, 0.3) is 0 Å². The largest absolute Gasteiger partial charge is 0.507 e. The van der Waals surface area contributed by atoms with Gasteiger partial charge >= 0.3 is 7.12 Å². The molecule has 0 radical (unpaired) electrons. The Balaban J connectivity index is 3.27. The molecule has 0 saturated carbocycles.